The van der Waals surface area contributed by atoms with Crippen LogP contribution in [0.2, 0.25) is 0 Å². The number of methoxy groups -OCH3 is 1. The van der Waals surface area contributed by atoms with E-state index in [9.17, 15) is 0 Å². The van der Waals surface area contributed by atoms with Crippen LogP contribution in [0.25, 0.3) is 0 Å². The van der Waals surface area contributed by atoms with E-state index in [1.165, 1.54) is 5.69 Å². The Balaban J connectivity index is 1.59. The van der Waals surface area contributed by atoms with E-state index in [-0.39, 0.29) is 0 Å². The van der Waals surface area contributed by atoms with Crippen molar-refractivity contribution in [3.8, 4) is 5.75 Å². The maximum atomic E-state index is 5.69. The van der Waals surface area contributed by atoms with Crippen LogP contribution in [0.15, 0.2) is 29.3 Å². The molecule has 1 aromatic rings. The zero-order chi connectivity index (χ0) is 17.5. The SMILES string of the molecule is CCNC(=NCC1CCCO1)N1CCN(c2ccccc2OC)CC1. The van der Waals surface area contributed by atoms with Gasteiger partial charge in [0.25, 0.3) is 0 Å². The zero-order valence-electron chi connectivity index (χ0n) is 15.4. The molecule has 25 heavy (non-hydrogen) atoms. The topological polar surface area (TPSA) is 49.3 Å². The first-order valence-electron chi connectivity index (χ1n) is 9.34. The highest BCUT2D eigenvalue weighted by Gasteiger charge is 2.22. The number of nitrogens with zero attached hydrogens (tertiary/aromatic N) is 3. The number of benzene rings is 1. The standard InChI is InChI=1S/C19H30N4O2/c1-3-20-19(21-15-16-7-6-14-25-16)23-12-10-22(11-13-23)17-8-4-5-9-18(17)24-2/h4-5,8-9,16H,3,6-7,10-15H2,1-2H3,(H,20,21). The molecule has 3 rings (SSSR count). The summed E-state index contributed by atoms with van der Waals surface area (Å²) in [7, 11) is 1.73. The Kier molecular flexibility index (Phi) is 6.39. The van der Waals surface area contributed by atoms with Crippen molar-refractivity contribution in [2.75, 3.05) is 57.9 Å². The van der Waals surface area contributed by atoms with Crippen LogP contribution in [0.3, 0.4) is 0 Å². The van der Waals surface area contributed by atoms with E-state index in [1.807, 2.05) is 12.1 Å². The molecular weight excluding hydrogens is 316 g/mol. The third kappa shape index (κ3) is 4.57. The van der Waals surface area contributed by atoms with Crippen LogP contribution in [0.1, 0.15) is 19.8 Å². The van der Waals surface area contributed by atoms with Crippen LogP contribution in [0, 0.1) is 0 Å². The summed E-state index contributed by atoms with van der Waals surface area (Å²) in [4.78, 5) is 9.55. The molecule has 2 aliphatic rings. The molecule has 2 heterocycles. The molecule has 2 saturated heterocycles. The third-order valence-electron chi connectivity index (χ3n) is 4.81. The molecule has 1 aromatic carbocycles. The maximum absolute atomic E-state index is 5.69. The number of nitrogens with one attached hydrogen (secondary N) is 1. The van der Waals surface area contributed by atoms with Crippen molar-refractivity contribution in [2.24, 2.45) is 4.99 Å². The fraction of sp³-hybridized carbons (Fsp3) is 0.632. The zero-order valence-corrected chi connectivity index (χ0v) is 15.4. The first-order chi connectivity index (χ1) is 12.3. The van der Waals surface area contributed by atoms with E-state index in [2.05, 4.69) is 34.2 Å². The number of hydrogen-bond donors (Lipinski definition) is 1. The molecule has 138 valence electrons. The molecule has 0 spiro atoms. The smallest absolute Gasteiger partial charge is 0.194 e. The fourth-order valence-electron chi connectivity index (χ4n) is 3.45. The van der Waals surface area contributed by atoms with Crippen LogP contribution >= 0.6 is 0 Å². The molecule has 1 N–H and O–H groups in total. The number of guanidine groups is 1. The molecule has 2 fully saturated rings. The quantitative estimate of drug-likeness (QED) is 0.652. The third-order valence-corrected chi connectivity index (χ3v) is 4.81. The van der Waals surface area contributed by atoms with Gasteiger partial charge in [-0.2, -0.15) is 0 Å². The molecule has 1 atom stereocenters. The average molecular weight is 346 g/mol. The lowest BCUT2D eigenvalue weighted by Crippen LogP contribution is -2.52. The van der Waals surface area contributed by atoms with Gasteiger partial charge in [-0.25, -0.2) is 0 Å². The predicted octanol–water partition coefficient (Wildman–Crippen LogP) is 1.96. The summed E-state index contributed by atoms with van der Waals surface area (Å²) in [5, 5.41) is 3.43. The van der Waals surface area contributed by atoms with Crippen molar-refractivity contribution < 1.29 is 9.47 Å². The maximum Gasteiger partial charge on any atom is 0.194 e. The Labute approximate surface area is 150 Å². The Hall–Kier alpha value is -1.95. The molecule has 0 aliphatic carbocycles. The highest BCUT2D eigenvalue weighted by molar-refractivity contribution is 5.80. The van der Waals surface area contributed by atoms with Crippen molar-refractivity contribution in [3.63, 3.8) is 0 Å². The lowest BCUT2D eigenvalue weighted by Gasteiger charge is -2.38. The van der Waals surface area contributed by atoms with Gasteiger partial charge in [0, 0.05) is 39.3 Å². The molecular formula is C19H30N4O2. The first-order valence-corrected chi connectivity index (χ1v) is 9.34. The van der Waals surface area contributed by atoms with Crippen LogP contribution in [0.4, 0.5) is 5.69 Å². The van der Waals surface area contributed by atoms with E-state index in [1.54, 1.807) is 7.11 Å². The van der Waals surface area contributed by atoms with Crippen molar-refractivity contribution in [2.45, 2.75) is 25.9 Å². The van der Waals surface area contributed by atoms with Crippen molar-refractivity contribution in [1.29, 1.82) is 0 Å². The summed E-state index contributed by atoms with van der Waals surface area (Å²) in [6.45, 7) is 8.48. The molecule has 0 bridgehead atoms. The van der Waals surface area contributed by atoms with E-state index >= 15 is 0 Å². The van der Waals surface area contributed by atoms with Crippen LogP contribution < -0.4 is 15.0 Å². The van der Waals surface area contributed by atoms with Gasteiger partial charge in [-0.3, -0.25) is 4.99 Å². The Morgan fingerprint density at radius 1 is 1.28 bits per heavy atom. The van der Waals surface area contributed by atoms with E-state index < -0.39 is 0 Å². The van der Waals surface area contributed by atoms with Gasteiger partial charge in [0.1, 0.15) is 5.75 Å². The van der Waals surface area contributed by atoms with E-state index in [0.717, 1.165) is 70.4 Å². The molecule has 6 heteroatoms. The molecule has 0 saturated carbocycles. The monoisotopic (exact) mass is 346 g/mol. The predicted molar refractivity (Wildman–Crippen MR) is 102 cm³/mol. The highest BCUT2D eigenvalue weighted by Crippen LogP contribution is 2.28. The van der Waals surface area contributed by atoms with Gasteiger partial charge in [0.05, 0.1) is 25.4 Å². The minimum atomic E-state index is 0.295. The van der Waals surface area contributed by atoms with Gasteiger partial charge in [0.15, 0.2) is 5.96 Å². The number of para-hydroxylation sites is 2. The number of hydrogen-bond acceptors (Lipinski definition) is 4. The summed E-state index contributed by atoms with van der Waals surface area (Å²) < 4.78 is 11.2. The molecule has 0 radical (unpaired) electrons. The van der Waals surface area contributed by atoms with E-state index in [4.69, 9.17) is 14.5 Å². The fourth-order valence-corrected chi connectivity index (χ4v) is 3.45. The summed E-state index contributed by atoms with van der Waals surface area (Å²) in [5.41, 5.74) is 1.17. The highest BCUT2D eigenvalue weighted by atomic mass is 16.5. The van der Waals surface area contributed by atoms with Crippen molar-refractivity contribution in [3.05, 3.63) is 24.3 Å². The number of rotatable bonds is 5. The molecule has 6 nitrogen and oxygen atoms in total. The number of aliphatic imine (C=N–C) groups is 1. The summed E-state index contributed by atoms with van der Waals surface area (Å²) in [6.07, 6.45) is 2.59. The van der Waals surface area contributed by atoms with Gasteiger partial charge in [-0.05, 0) is 31.9 Å². The second-order valence-electron chi connectivity index (χ2n) is 6.48. The van der Waals surface area contributed by atoms with E-state index in [0.29, 0.717) is 6.10 Å². The molecule has 2 aliphatic heterocycles. The Morgan fingerprint density at radius 3 is 2.76 bits per heavy atom. The molecule has 0 aromatic heterocycles. The number of piperazine rings is 1. The van der Waals surface area contributed by atoms with Crippen molar-refractivity contribution >= 4 is 11.6 Å². The lowest BCUT2D eigenvalue weighted by atomic mass is 10.2. The second kappa shape index (κ2) is 8.94. The summed E-state index contributed by atoms with van der Waals surface area (Å²) >= 11 is 0. The minimum Gasteiger partial charge on any atom is -0.495 e. The average Bonchev–Trinajstić information content (AvgIpc) is 3.19. The summed E-state index contributed by atoms with van der Waals surface area (Å²) in [5.74, 6) is 1.95. The van der Waals surface area contributed by atoms with Crippen molar-refractivity contribution in [1.82, 2.24) is 10.2 Å². The molecule has 0 amide bonds. The minimum absolute atomic E-state index is 0.295. The van der Waals surface area contributed by atoms with Crippen LogP contribution in [-0.2, 0) is 4.74 Å². The van der Waals surface area contributed by atoms with Gasteiger partial charge < -0.3 is 24.6 Å². The van der Waals surface area contributed by atoms with Gasteiger partial charge in [0.2, 0.25) is 0 Å². The number of ether oxygens (including phenoxy) is 2. The van der Waals surface area contributed by atoms with Gasteiger partial charge in [-0.15, -0.1) is 0 Å². The Bertz CT molecular complexity index is 564. The van der Waals surface area contributed by atoms with Crippen LogP contribution in [0.5, 0.6) is 5.75 Å². The second-order valence-corrected chi connectivity index (χ2v) is 6.48. The summed E-state index contributed by atoms with van der Waals surface area (Å²) in [6, 6.07) is 8.23. The first kappa shape index (κ1) is 17.9. The Morgan fingerprint density at radius 2 is 2.08 bits per heavy atom. The van der Waals surface area contributed by atoms with Crippen LogP contribution in [-0.4, -0.2) is 69.9 Å². The van der Waals surface area contributed by atoms with Gasteiger partial charge in [-0.1, -0.05) is 12.1 Å². The van der Waals surface area contributed by atoms with Gasteiger partial charge >= 0.3 is 0 Å². The lowest BCUT2D eigenvalue weighted by molar-refractivity contribution is 0.117. The normalized spacial score (nSPS) is 21.5. The largest absolute Gasteiger partial charge is 0.495 e. The molecule has 1 unspecified atom stereocenters. The number of anilines is 1.